The molecule has 17 heavy (non-hydrogen) atoms. The number of H-pyrrole nitrogens is 2. The van der Waals surface area contributed by atoms with Crippen LogP contribution in [0.15, 0.2) is 22.8 Å². The largest absolute Gasteiger partial charge is 0.382 e. The number of anilines is 1. The van der Waals surface area contributed by atoms with Gasteiger partial charge in [-0.1, -0.05) is 6.07 Å². The van der Waals surface area contributed by atoms with Crippen LogP contribution < -0.4 is 5.73 Å². The quantitative estimate of drug-likeness (QED) is 0.644. The summed E-state index contributed by atoms with van der Waals surface area (Å²) >= 11 is 3.45. The van der Waals surface area contributed by atoms with E-state index in [0.29, 0.717) is 5.82 Å². The molecular formula is C11H10BrN5. The topological polar surface area (TPSA) is 83.4 Å². The number of hydrogen-bond donors (Lipinski definition) is 3. The van der Waals surface area contributed by atoms with Crippen LogP contribution in [0.1, 0.15) is 5.82 Å². The number of hydrogen-bond acceptors (Lipinski definition) is 3. The first-order valence-electron chi connectivity index (χ1n) is 5.11. The zero-order chi connectivity index (χ0) is 12.0. The Labute approximate surface area is 106 Å². The van der Waals surface area contributed by atoms with Crippen molar-refractivity contribution in [2.45, 2.75) is 6.92 Å². The van der Waals surface area contributed by atoms with Crippen molar-refractivity contribution in [2.75, 3.05) is 5.73 Å². The molecule has 0 spiro atoms. The van der Waals surface area contributed by atoms with Gasteiger partial charge in [-0.25, -0.2) is 4.98 Å². The van der Waals surface area contributed by atoms with Crippen LogP contribution in [0, 0.1) is 6.92 Å². The molecule has 3 aromatic rings. The fraction of sp³-hybridized carbons (Fsp3) is 0.0909. The predicted octanol–water partition coefficient (Wildman–Crippen LogP) is 2.61. The molecule has 0 unspecified atom stereocenters. The van der Waals surface area contributed by atoms with E-state index >= 15 is 0 Å². The highest BCUT2D eigenvalue weighted by atomic mass is 79.9. The van der Waals surface area contributed by atoms with Crippen molar-refractivity contribution in [3.8, 4) is 11.3 Å². The van der Waals surface area contributed by atoms with Gasteiger partial charge >= 0.3 is 0 Å². The SMILES string of the molecule is Cc1nc(-c2ccc3c(N)n[nH]c3c2)c(Br)[nH]1. The van der Waals surface area contributed by atoms with Gasteiger partial charge in [0.2, 0.25) is 0 Å². The van der Waals surface area contributed by atoms with Crippen molar-refractivity contribution in [1.29, 1.82) is 0 Å². The van der Waals surface area contributed by atoms with Gasteiger partial charge in [-0.3, -0.25) is 5.10 Å². The van der Waals surface area contributed by atoms with Gasteiger partial charge in [0.1, 0.15) is 16.1 Å². The zero-order valence-corrected chi connectivity index (χ0v) is 10.7. The summed E-state index contributed by atoms with van der Waals surface area (Å²) in [5, 5.41) is 7.79. The van der Waals surface area contributed by atoms with Gasteiger partial charge in [0.15, 0.2) is 5.82 Å². The number of aryl methyl sites for hydroxylation is 1. The van der Waals surface area contributed by atoms with Crippen LogP contribution >= 0.6 is 15.9 Å². The molecular weight excluding hydrogens is 282 g/mol. The highest BCUT2D eigenvalue weighted by molar-refractivity contribution is 9.10. The van der Waals surface area contributed by atoms with Gasteiger partial charge in [0.25, 0.3) is 0 Å². The molecule has 0 radical (unpaired) electrons. The van der Waals surface area contributed by atoms with Gasteiger partial charge in [0.05, 0.1) is 5.52 Å². The maximum atomic E-state index is 5.73. The maximum absolute atomic E-state index is 5.73. The van der Waals surface area contributed by atoms with Crippen molar-refractivity contribution >= 4 is 32.7 Å². The lowest BCUT2D eigenvalue weighted by molar-refractivity contribution is 1.13. The number of nitrogen functional groups attached to an aromatic ring is 1. The molecule has 86 valence electrons. The van der Waals surface area contributed by atoms with E-state index < -0.39 is 0 Å². The predicted molar refractivity (Wildman–Crippen MR) is 70.5 cm³/mol. The van der Waals surface area contributed by atoms with E-state index in [1.165, 1.54) is 0 Å². The smallest absolute Gasteiger partial charge is 0.153 e. The lowest BCUT2D eigenvalue weighted by Gasteiger charge is -1.98. The Morgan fingerprint density at radius 3 is 2.88 bits per heavy atom. The molecule has 6 heteroatoms. The lowest BCUT2D eigenvalue weighted by Crippen LogP contribution is -1.84. The Morgan fingerprint density at radius 1 is 1.35 bits per heavy atom. The summed E-state index contributed by atoms with van der Waals surface area (Å²) in [6, 6.07) is 5.91. The third kappa shape index (κ3) is 1.61. The molecule has 0 fully saturated rings. The fourth-order valence-electron chi connectivity index (χ4n) is 1.84. The molecule has 2 aromatic heterocycles. The van der Waals surface area contributed by atoms with E-state index in [9.17, 15) is 0 Å². The highest BCUT2D eigenvalue weighted by Crippen LogP contribution is 2.29. The fourth-order valence-corrected chi connectivity index (χ4v) is 2.45. The van der Waals surface area contributed by atoms with Crippen molar-refractivity contribution in [1.82, 2.24) is 20.2 Å². The van der Waals surface area contributed by atoms with Gasteiger partial charge in [-0.05, 0) is 35.0 Å². The first-order valence-corrected chi connectivity index (χ1v) is 5.90. The van der Waals surface area contributed by atoms with Crippen LogP contribution in [-0.2, 0) is 0 Å². The van der Waals surface area contributed by atoms with Crippen LogP contribution in [0.5, 0.6) is 0 Å². The molecule has 4 N–H and O–H groups in total. The second-order valence-corrected chi connectivity index (χ2v) is 4.65. The molecule has 1 aromatic carbocycles. The summed E-state index contributed by atoms with van der Waals surface area (Å²) in [5.74, 6) is 1.39. The number of fused-ring (bicyclic) bond motifs is 1. The second-order valence-electron chi connectivity index (χ2n) is 3.85. The molecule has 0 aliphatic heterocycles. The number of nitrogens with two attached hydrogens (primary N) is 1. The van der Waals surface area contributed by atoms with E-state index in [-0.39, 0.29) is 0 Å². The van der Waals surface area contributed by atoms with E-state index in [2.05, 4.69) is 36.1 Å². The number of aromatic amines is 2. The molecule has 3 rings (SSSR count). The average molecular weight is 292 g/mol. The van der Waals surface area contributed by atoms with Crippen molar-refractivity contribution in [3.63, 3.8) is 0 Å². The van der Waals surface area contributed by atoms with Crippen molar-refractivity contribution in [3.05, 3.63) is 28.6 Å². The second kappa shape index (κ2) is 3.59. The van der Waals surface area contributed by atoms with Crippen LogP contribution in [0.4, 0.5) is 5.82 Å². The molecule has 5 nitrogen and oxygen atoms in total. The highest BCUT2D eigenvalue weighted by Gasteiger charge is 2.10. The molecule has 0 amide bonds. The molecule has 0 saturated carbocycles. The number of nitrogens with one attached hydrogen (secondary N) is 2. The van der Waals surface area contributed by atoms with E-state index in [0.717, 1.165) is 32.6 Å². The minimum Gasteiger partial charge on any atom is -0.382 e. The first kappa shape index (κ1) is 10.3. The number of rotatable bonds is 1. The van der Waals surface area contributed by atoms with Gasteiger partial charge in [-0.15, -0.1) is 0 Å². The minimum atomic E-state index is 0.517. The number of imidazole rings is 1. The third-order valence-electron chi connectivity index (χ3n) is 2.64. The summed E-state index contributed by atoms with van der Waals surface area (Å²) in [6.45, 7) is 1.92. The monoisotopic (exact) mass is 291 g/mol. The Bertz CT molecular complexity index is 697. The van der Waals surface area contributed by atoms with E-state index in [4.69, 9.17) is 5.73 Å². The normalized spacial score (nSPS) is 11.2. The van der Waals surface area contributed by atoms with Crippen molar-refractivity contribution < 1.29 is 0 Å². The minimum absolute atomic E-state index is 0.517. The number of nitrogens with zero attached hydrogens (tertiary/aromatic N) is 2. The summed E-state index contributed by atoms with van der Waals surface area (Å²) in [6.07, 6.45) is 0. The molecule has 0 aliphatic rings. The van der Waals surface area contributed by atoms with Gasteiger partial charge in [-0.2, -0.15) is 5.10 Å². The molecule has 0 aliphatic carbocycles. The van der Waals surface area contributed by atoms with Gasteiger partial charge < -0.3 is 10.7 Å². The van der Waals surface area contributed by atoms with Crippen LogP contribution in [0.3, 0.4) is 0 Å². The molecule has 0 saturated heterocycles. The van der Waals surface area contributed by atoms with Crippen LogP contribution in [0.25, 0.3) is 22.2 Å². The number of benzene rings is 1. The van der Waals surface area contributed by atoms with E-state index in [1.807, 2.05) is 25.1 Å². The summed E-state index contributed by atoms with van der Waals surface area (Å²) < 4.78 is 0.877. The molecule has 0 bridgehead atoms. The van der Waals surface area contributed by atoms with Crippen LogP contribution in [0.2, 0.25) is 0 Å². The standard InChI is InChI=1S/C11H10BrN5/c1-5-14-9(10(12)15-5)6-2-3-7-8(4-6)16-17-11(7)13/h2-4H,1H3,(H,14,15)(H3,13,16,17). The maximum Gasteiger partial charge on any atom is 0.153 e. The number of aromatic nitrogens is 4. The summed E-state index contributed by atoms with van der Waals surface area (Å²) in [5.41, 5.74) is 8.53. The first-order chi connectivity index (χ1) is 8.15. The summed E-state index contributed by atoms with van der Waals surface area (Å²) in [4.78, 5) is 7.54. The zero-order valence-electron chi connectivity index (χ0n) is 9.08. The Balaban J connectivity index is 2.21. The van der Waals surface area contributed by atoms with E-state index in [1.54, 1.807) is 0 Å². The Hall–Kier alpha value is -1.82. The Morgan fingerprint density at radius 2 is 2.18 bits per heavy atom. The molecule has 2 heterocycles. The molecule has 0 atom stereocenters. The van der Waals surface area contributed by atoms with Gasteiger partial charge in [0, 0.05) is 10.9 Å². The van der Waals surface area contributed by atoms with Crippen LogP contribution in [-0.4, -0.2) is 20.2 Å². The summed E-state index contributed by atoms with van der Waals surface area (Å²) in [7, 11) is 0. The third-order valence-corrected chi connectivity index (χ3v) is 3.22. The lowest BCUT2D eigenvalue weighted by atomic mass is 10.1. The number of halogens is 1. The van der Waals surface area contributed by atoms with Crippen molar-refractivity contribution in [2.24, 2.45) is 0 Å². The average Bonchev–Trinajstić information content (AvgIpc) is 2.82. The Kier molecular flexibility index (Phi) is 2.19.